The number of hydrogen-bond donors (Lipinski definition) is 0. The van der Waals surface area contributed by atoms with Gasteiger partial charge < -0.3 is 19.1 Å². The van der Waals surface area contributed by atoms with E-state index in [2.05, 4.69) is 6.92 Å². The molecule has 0 N–H and O–H groups in total. The lowest BCUT2D eigenvalue weighted by molar-refractivity contribution is -0.0753. The van der Waals surface area contributed by atoms with E-state index >= 15 is 0 Å². The van der Waals surface area contributed by atoms with E-state index in [1.54, 1.807) is 4.90 Å². The number of amides is 1. The van der Waals surface area contributed by atoms with Crippen molar-refractivity contribution in [2.75, 3.05) is 19.7 Å². The van der Waals surface area contributed by atoms with E-state index in [1.165, 1.54) is 0 Å². The van der Waals surface area contributed by atoms with Gasteiger partial charge in [0.05, 0.1) is 18.3 Å². The summed E-state index contributed by atoms with van der Waals surface area (Å²) in [6.45, 7) is 10.0. The summed E-state index contributed by atoms with van der Waals surface area (Å²) in [5, 5.41) is 0. The number of carbonyl (C=O) groups excluding carboxylic acids is 1. The Balaban J connectivity index is 1.56. The molecule has 2 unspecified atom stereocenters. The molecule has 0 saturated carbocycles. The van der Waals surface area contributed by atoms with Crippen LogP contribution in [0.1, 0.15) is 47.0 Å². The second-order valence-corrected chi connectivity index (χ2v) is 7.44. The van der Waals surface area contributed by atoms with Gasteiger partial charge in [0, 0.05) is 19.5 Å². The van der Waals surface area contributed by atoms with Gasteiger partial charge in [0.2, 0.25) is 0 Å². The molecule has 3 saturated heterocycles. The average Bonchev–Trinajstić information content (AvgIpc) is 3.02. The maximum Gasteiger partial charge on any atom is 0.410 e. The molecule has 0 bridgehead atoms. The molecule has 0 aliphatic carbocycles. The van der Waals surface area contributed by atoms with Gasteiger partial charge >= 0.3 is 6.09 Å². The van der Waals surface area contributed by atoms with Gasteiger partial charge in [0.25, 0.3) is 0 Å². The van der Waals surface area contributed by atoms with E-state index in [0.717, 1.165) is 25.9 Å². The van der Waals surface area contributed by atoms with Gasteiger partial charge in [-0.25, -0.2) is 4.79 Å². The van der Waals surface area contributed by atoms with Gasteiger partial charge in [-0.15, -0.1) is 0 Å². The highest BCUT2D eigenvalue weighted by molar-refractivity contribution is 5.68. The summed E-state index contributed by atoms with van der Waals surface area (Å²) < 4.78 is 17.2. The van der Waals surface area contributed by atoms with Crippen LogP contribution in [-0.4, -0.2) is 53.6 Å². The lowest BCUT2D eigenvalue weighted by Crippen LogP contribution is -2.48. The fourth-order valence-electron chi connectivity index (χ4n) is 3.36. The molecule has 0 aromatic heterocycles. The Morgan fingerprint density at radius 2 is 1.90 bits per heavy atom. The molecule has 3 aliphatic rings. The quantitative estimate of drug-likeness (QED) is 0.640. The van der Waals surface area contributed by atoms with E-state index in [1.807, 2.05) is 20.8 Å². The largest absolute Gasteiger partial charge is 0.444 e. The maximum absolute atomic E-state index is 12.1. The fraction of sp³-hybridized carbons (Fsp3) is 0.933. The normalized spacial score (nSPS) is 35.6. The van der Waals surface area contributed by atoms with Crippen molar-refractivity contribution in [3.8, 4) is 0 Å². The monoisotopic (exact) mass is 283 g/mol. The molecule has 0 radical (unpaired) electrons. The molecule has 20 heavy (non-hydrogen) atoms. The van der Waals surface area contributed by atoms with Crippen molar-refractivity contribution in [1.82, 2.24) is 4.90 Å². The first kappa shape index (κ1) is 14.1. The minimum Gasteiger partial charge on any atom is -0.444 e. The van der Waals surface area contributed by atoms with Crippen LogP contribution >= 0.6 is 0 Å². The number of hydrogen-bond acceptors (Lipinski definition) is 4. The topological polar surface area (TPSA) is 51.3 Å². The Hall–Kier alpha value is -0.810. The number of epoxide rings is 1. The summed E-state index contributed by atoms with van der Waals surface area (Å²) in [6, 6.07) is 0. The predicted octanol–water partition coefficient (Wildman–Crippen LogP) is 2.33. The highest BCUT2D eigenvalue weighted by Crippen LogP contribution is 2.52. The van der Waals surface area contributed by atoms with Crippen molar-refractivity contribution in [1.29, 1.82) is 0 Å². The van der Waals surface area contributed by atoms with Gasteiger partial charge in [-0.05, 0) is 40.5 Å². The van der Waals surface area contributed by atoms with Crippen molar-refractivity contribution in [3.05, 3.63) is 0 Å². The lowest BCUT2D eigenvalue weighted by atomic mass is 9.85. The molecule has 5 nitrogen and oxygen atoms in total. The predicted molar refractivity (Wildman–Crippen MR) is 73.6 cm³/mol. The third kappa shape index (κ3) is 2.53. The first-order chi connectivity index (χ1) is 9.24. The Bertz CT molecular complexity index is 403. The molecule has 3 aliphatic heterocycles. The van der Waals surface area contributed by atoms with E-state index in [-0.39, 0.29) is 23.4 Å². The third-order valence-corrected chi connectivity index (χ3v) is 4.63. The van der Waals surface area contributed by atoms with Crippen molar-refractivity contribution in [2.24, 2.45) is 0 Å². The minimum absolute atomic E-state index is 0.0198. The number of nitrogens with zero attached hydrogens (tertiary/aromatic N) is 1. The summed E-state index contributed by atoms with van der Waals surface area (Å²) in [5.74, 6) is 0. The molecule has 3 fully saturated rings. The van der Waals surface area contributed by atoms with Crippen LogP contribution in [0, 0.1) is 0 Å². The van der Waals surface area contributed by atoms with Crippen molar-refractivity contribution >= 4 is 6.09 Å². The third-order valence-electron chi connectivity index (χ3n) is 4.63. The molecule has 3 rings (SSSR count). The van der Waals surface area contributed by atoms with Gasteiger partial charge in [0.1, 0.15) is 11.2 Å². The number of rotatable bonds is 0. The lowest BCUT2D eigenvalue weighted by Gasteiger charge is -2.39. The van der Waals surface area contributed by atoms with Crippen LogP contribution in [0.4, 0.5) is 4.79 Å². The van der Waals surface area contributed by atoms with Gasteiger partial charge in [0.15, 0.2) is 0 Å². The summed E-state index contributed by atoms with van der Waals surface area (Å²) in [4.78, 5) is 13.9. The summed E-state index contributed by atoms with van der Waals surface area (Å²) in [5.41, 5.74) is -0.543. The zero-order valence-corrected chi connectivity index (χ0v) is 12.9. The molecule has 2 spiro atoms. The van der Waals surface area contributed by atoms with Crippen LogP contribution in [0.5, 0.6) is 0 Å². The summed E-state index contributed by atoms with van der Waals surface area (Å²) in [7, 11) is 0. The molecular formula is C15H25NO4. The molecule has 5 heteroatoms. The zero-order valence-electron chi connectivity index (χ0n) is 12.9. The molecule has 3 heterocycles. The van der Waals surface area contributed by atoms with Crippen molar-refractivity contribution < 1.29 is 19.0 Å². The van der Waals surface area contributed by atoms with Crippen LogP contribution in [0.2, 0.25) is 0 Å². The molecule has 114 valence electrons. The molecule has 0 aromatic carbocycles. The number of piperidine rings is 1. The Morgan fingerprint density at radius 3 is 2.35 bits per heavy atom. The van der Waals surface area contributed by atoms with Crippen LogP contribution in [0.25, 0.3) is 0 Å². The smallest absolute Gasteiger partial charge is 0.410 e. The SMILES string of the molecule is CC1OC2(CCN(C(=O)OC(C)(C)C)CC2)CC12CO2. The van der Waals surface area contributed by atoms with Crippen LogP contribution < -0.4 is 0 Å². The Morgan fingerprint density at radius 1 is 1.30 bits per heavy atom. The highest BCUT2D eigenvalue weighted by Gasteiger charge is 2.62. The highest BCUT2D eigenvalue weighted by atomic mass is 16.6. The van der Waals surface area contributed by atoms with E-state index in [0.29, 0.717) is 13.1 Å². The molecule has 2 atom stereocenters. The maximum atomic E-state index is 12.1. The molecular weight excluding hydrogens is 258 g/mol. The Kier molecular flexibility index (Phi) is 3.07. The number of ether oxygens (including phenoxy) is 3. The van der Waals surface area contributed by atoms with E-state index in [9.17, 15) is 4.79 Å². The Labute approximate surface area is 120 Å². The molecule has 1 amide bonds. The van der Waals surface area contributed by atoms with Crippen LogP contribution in [-0.2, 0) is 14.2 Å². The van der Waals surface area contributed by atoms with Crippen molar-refractivity contribution in [2.45, 2.75) is 69.9 Å². The molecule has 0 aromatic rings. The van der Waals surface area contributed by atoms with Crippen LogP contribution in [0.15, 0.2) is 0 Å². The second kappa shape index (κ2) is 4.34. The zero-order chi connectivity index (χ0) is 14.6. The minimum atomic E-state index is -0.434. The number of carbonyl (C=O) groups is 1. The van der Waals surface area contributed by atoms with Crippen LogP contribution in [0.3, 0.4) is 0 Å². The van der Waals surface area contributed by atoms with Gasteiger partial charge in [-0.1, -0.05) is 0 Å². The van der Waals surface area contributed by atoms with E-state index < -0.39 is 5.60 Å². The van der Waals surface area contributed by atoms with Crippen molar-refractivity contribution in [3.63, 3.8) is 0 Å². The summed E-state index contributed by atoms with van der Waals surface area (Å²) in [6.07, 6.45) is 2.69. The first-order valence-corrected chi connectivity index (χ1v) is 7.53. The summed E-state index contributed by atoms with van der Waals surface area (Å²) >= 11 is 0. The standard InChI is InChI=1S/C15H25NO4/c1-11-15(10-18-15)9-14(19-11)5-7-16(8-6-14)12(17)20-13(2,3)4/h11H,5-10H2,1-4H3. The second-order valence-electron chi connectivity index (χ2n) is 7.44. The van der Waals surface area contributed by atoms with Gasteiger partial charge in [-0.3, -0.25) is 0 Å². The average molecular weight is 283 g/mol. The van der Waals surface area contributed by atoms with E-state index in [4.69, 9.17) is 14.2 Å². The first-order valence-electron chi connectivity index (χ1n) is 7.53. The fourth-order valence-corrected chi connectivity index (χ4v) is 3.36. The van der Waals surface area contributed by atoms with Gasteiger partial charge in [-0.2, -0.15) is 0 Å². The number of likely N-dealkylation sites (tertiary alicyclic amines) is 1.